The monoisotopic (exact) mass is 199 g/mol. The third-order valence-electron chi connectivity index (χ3n) is 1.85. The first-order chi connectivity index (χ1) is 9.78. The van der Waals surface area contributed by atoms with Gasteiger partial charge in [0.2, 0.25) is 0 Å². The molecule has 4 heteroatoms. The molecule has 2 N–H and O–H groups in total. The van der Waals surface area contributed by atoms with Gasteiger partial charge < -0.3 is 14.9 Å². The fourth-order valence-electron chi connectivity index (χ4n) is 1.12. The summed E-state index contributed by atoms with van der Waals surface area (Å²) in [4.78, 5) is 0.410. The molecule has 0 aliphatic carbocycles. The van der Waals surface area contributed by atoms with E-state index < -0.39 is 32.9 Å². The second-order valence-electron chi connectivity index (χ2n) is 2.77. The Bertz CT molecular complexity index is 551. The van der Waals surface area contributed by atoms with Gasteiger partial charge in [0.15, 0.2) is 0 Å². The van der Waals surface area contributed by atoms with Gasteiger partial charge in [-0.05, 0) is 30.3 Å². The number of anilines is 1. The van der Waals surface area contributed by atoms with Crippen LogP contribution in [0.4, 0.5) is 5.69 Å². The molecule has 1 saturated heterocycles. The zero-order valence-corrected chi connectivity index (χ0v) is 7.23. The van der Waals surface area contributed by atoms with E-state index >= 15 is 0 Å². The zero-order valence-electron chi connectivity index (χ0n) is 15.2. The van der Waals surface area contributed by atoms with Crippen LogP contribution >= 0.6 is 0 Å². The van der Waals surface area contributed by atoms with Crippen LogP contribution in [0.25, 0.3) is 0 Å². The van der Waals surface area contributed by atoms with Crippen molar-refractivity contribution in [2.45, 2.75) is 12.7 Å². The summed E-state index contributed by atoms with van der Waals surface area (Å²) in [5.41, 5.74) is -0.0141. The van der Waals surface area contributed by atoms with Gasteiger partial charge in [0, 0.05) is 29.6 Å². The van der Waals surface area contributed by atoms with Crippen molar-refractivity contribution in [2.75, 3.05) is 17.9 Å². The van der Waals surface area contributed by atoms with Gasteiger partial charge in [0.05, 0.1) is 0 Å². The van der Waals surface area contributed by atoms with Crippen molar-refractivity contribution in [3.8, 4) is 0 Å². The number of hydrogen-bond acceptors (Lipinski definition) is 3. The molecule has 0 saturated carbocycles. The van der Waals surface area contributed by atoms with E-state index in [1.54, 1.807) is 0 Å². The summed E-state index contributed by atoms with van der Waals surface area (Å²) in [7, 11) is -1.75. The van der Waals surface area contributed by atoms with Crippen molar-refractivity contribution >= 4 is 18.3 Å². The van der Waals surface area contributed by atoms with Gasteiger partial charge in [-0.1, -0.05) is 12.1 Å². The molecule has 1 aliphatic heterocycles. The van der Waals surface area contributed by atoms with E-state index in [-0.39, 0.29) is 11.2 Å². The van der Waals surface area contributed by atoms with Crippen LogP contribution in [0.2, 0.25) is 0 Å². The number of rotatable bonds is 2. The predicted molar refractivity (Wildman–Crippen MR) is 57.7 cm³/mol. The maximum absolute atomic E-state index is 9.03. The van der Waals surface area contributed by atoms with Crippen LogP contribution in [-0.4, -0.2) is 30.2 Å². The van der Waals surface area contributed by atoms with E-state index in [9.17, 15) is 0 Å². The summed E-state index contributed by atoms with van der Waals surface area (Å²) in [6.07, 6.45) is -6.20. The van der Waals surface area contributed by atoms with Crippen LogP contribution in [0.15, 0.2) is 24.3 Å². The van der Waals surface area contributed by atoms with Gasteiger partial charge >= 0.3 is 7.12 Å². The molecule has 2 rings (SSSR count). The van der Waals surface area contributed by atoms with Crippen molar-refractivity contribution in [3.63, 3.8) is 0 Å². The normalized spacial score (nSPS) is 38.9. The van der Waals surface area contributed by atoms with Crippen LogP contribution < -0.4 is 10.4 Å². The fraction of sp³-hybridized carbons (Fsp3) is 0.400. The molecule has 3 nitrogen and oxygen atoms in total. The van der Waals surface area contributed by atoms with Crippen molar-refractivity contribution < 1.29 is 21.0 Å². The van der Waals surface area contributed by atoms with E-state index in [0.717, 1.165) is 0 Å². The first-order valence-electron chi connectivity index (χ1n) is 8.05. The lowest BCUT2D eigenvalue weighted by atomic mass is 9.80. The number of hydrogen-bond donors (Lipinski definition) is 2. The Morgan fingerprint density at radius 1 is 1.14 bits per heavy atom. The highest BCUT2D eigenvalue weighted by Gasteiger charge is 2.14. The molecule has 1 aromatic carbocycles. The third kappa shape index (κ3) is 1.91. The zero-order chi connectivity index (χ0) is 17.1. The van der Waals surface area contributed by atoms with Gasteiger partial charge in [0.25, 0.3) is 0 Å². The molecule has 1 heterocycles. The Morgan fingerprint density at radius 2 is 1.71 bits per heavy atom. The molecule has 1 aromatic rings. The van der Waals surface area contributed by atoms with E-state index in [1.807, 2.05) is 0 Å². The van der Waals surface area contributed by atoms with E-state index in [2.05, 4.69) is 0 Å². The average Bonchev–Trinajstić information content (AvgIpc) is 2.44. The maximum Gasteiger partial charge on any atom is 0.488 e. The fourth-order valence-corrected chi connectivity index (χ4v) is 1.12. The van der Waals surface area contributed by atoms with Crippen molar-refractivity contribution in [1.82, 2.24) is 0 Å². The minimum absolute atomic E-state index is 0.0927. The Hall–Kier alpha value is -0.995. The minimum Gasteiger partial charge on any atom is -0.423 e. The summed E-state index contributed by atoms with van der Waals surface area (Å²) in [6.45, 7) is -5.89. The largest absolute Gasteiger partial charge is 0.488 e. The molecule has 0 aromatic heterocycles. The highest BCUT2D eigenvalue weighted by Crippen LogP contribution is 2.18. The molecule has 0 unspecified atom stereocenters. The topological polar surface area (TPSA) is 43.7 Å². The molecule has 14 heavy (non-hydrogen) atoms. The Morgan fingerprint density at radius 3 is 2.21 bits per heavy atom. The SMILES string of the molecule is [2H]C1([2H])N(c2ccc(B(O)O)cc2)C([2H])([2H])C([2H])([2H])C1([2H])[2H]. The van der Waals surface area contributed by atoms with Gasteiger partial charge in [-0.15, -0.1) is 0 Å². The average molecular weight is 199 g/mol. The van der Waals surface area contributed by atoms with Crippen LogP contribution in [-0.2, 0) is 0 Å². The summed E-state index contributed by atoms with van der Waals surface area (Å²) in [5, 5.41) is 18.1. The molecule has 0 bridgehead atoms. The van der Waals surface area contributed by atoms with Gasteiger partial charge in [-0.3, -0.25) is 0 Å². The molecule has 0 spiro atoms. The lowest BCUT2D eigenvalue weighted by Crippen LogP contribution is -2.29. The summed E-state index contributed by atoms with van der Waals surface area (Å²) in [5.74, 6) is 0. The van der Waals surface area contributed by atoms with Crippen molar-refractivity contribution in [2.24, 2.45) is 0 Å². The second kappa shape index (κ2) is 4.03. The molecule has 0 amide bonds. The number of nitrogens with zero attached hydrogens (tertiary/aromatic N) is 1. The molecule has 0 radical (unpaired) electrons. The van der Waals surface area contributed by atoms with Gasteiger partial charge in [0.1, 0.15) is 0 Å². The lowest BCUT2D eigenvalue weighted by Gasteiger charge is -2.17. The molecule has 1 aliphatic rings. The molecule has 1 fully saturated rings. The Balaban J connectivity index is 2.58. The highest BCUT2D eigenvalue weighted by molar-refractivity contribution is 6.58. The smallest absolute Gasteiger partial charge is 0.423 e. The lowest BCUT2D eigenvalue weighted by molar-refractivity contribution is 0.426. The third-order valence-corrected chi connectivity index (χ3v) is 1.85. The van der Waals surface area contributed by atoms with Crippen LogP contribution in [0.3, 0.4) is 0 Å². The van der Waals surface area contributed by atoms with Crippen molar-refractivity contribution in [3.05, 3.63) is 24.3 Å². The number of benzene rings is 1. The molecular formula is C10H14BNO2. The summed E-state index contributed by atoms with van der Waals surface area (Å²) in [6, 6.07) is 4.80. The van der Waals surface area contributed by atoms with E-state index in [4.69, 9.17) is 21.0 Å². The first kappa shape index (κ1) is 3.87. The van der Waals surface area contributed by atoms with Gasteiger partial charge in [-0.2, -0.15) is 0 Å². The van der Waals surface area contributed by atoms with Crippen molar-refractivity contribution in [1.29, 1.82) is 0 Å². The molecule has 0 atom stereocenters. The van der Waals surface area contributed by atoms with E-state index in [0.29, 0.717) is 4.90 Å². The highest BCUT2D eigenvalue weighted by atomic mass is 16.4. The van der Waals surface area contributed by atoms with Crippen LogP contribution in [0.5, 0.6) is 0 Å². The maximum atomic E-state index is 9.03. The van der Waals surface area contributed by atoms with E-state index in [1.165, 1.54) is 24.3 Å². The quantitative estimate of drug-likeness (QED) is 0.657. The standard InChI is InChI=1S/C10H14BNO2/c13-11(14)9-3-5-10(6-4-9)12-7-1-2-8-12/h3-6,13-14H,1-2,7-8H2/i1D2,2D2,7D2,8D2. The summed E-state index contributed by atoms with van der Waals surface area (Å²) >= 11 is 0. The molecular weight excluding hydrogens is 177 g/mol. The summed E-state index contributed by atoms with van der Waals surface area (Å²) < 4.78 is 62.3. The minimum atomic E-state index is -3.10. The van der Waals surface area contributed by atoms with Crippen LogP contribution in [0.1, 0.15) is 23.7 Å². The predicted octanol–water partition coefficient (Wildman–Crippen LogP) is -0.0334. The second-order valence-corrected chi connectivity index (χ2v) is 2.77. The Labute approximate surface area is 95.4 Å². The van der Waals surface area contributed by atoms with Crippen LogP contribution in [0, 0.1) is 0 Å². The van der Waals surface area contributed by atoms with Gasteiger partial charge in [-0.25, -0.2) is 0 Å². The molecule has 74 valence electrons. The first-order valence-corrected chi connectivity index (χ1v) is 4.05. The Kier molecular flexibility index (Phi) is 1.11.